The zero-order valence-electron chi connectivity index (χ0n) is 16.0. The number of aromatic nitrogens is 2. The van der Waals surface area contributed by atoms with Crippen molar-refractivity contribution in [3.63, 3.8) is 0 Å². The molecule has 1 N–H and O–H groups in total. The van der Waals surface area contributed by atoms with Gasteiger partial charge in [0.2, 0.25) is 0 Å². The molecule has 150 valence electrons. The lowest BCUT2D eigenvalue weighted by Gasteiger charge is -2.05. The summed E-state index contributed by atoms with van der Waals surface area (Å²) in [6.07, 6.45) is 1.48. The second-order valence-corrected chi connectivity index (χ2v) is 7.27. The van der Waals surface area contributed by atoms with Gasteiger partial charge in [-0.05, 0) is 49.2 Å². The van der Waals surface area contributed by atoms with Gasteiger partial charge in [-0.15, -0.1) is 0 Å². The molecule has 0 fully saturated rings. The van der Waals surface area contributed by atoms with Crippen molar-refractivity contribution in [1.82, 2.24) is 15.2 Å². The minimum atomic E-state index is -0.370. The monoisotopic (exact) mass is 430 g/mol. The normalized spacial score (nSPS) is 11.0. The third kappa shape index (κ3) is 5.82. The summed E-state index contributed by atoms with van der Waals surface area (Å²) in [5, 5.41) is 9.51. The molecule has 3 aromatic rings. The van der Waals surface area contributed by atoms with Gasteiger partial charge in [0.25, 0.3) is 5.91 Å². The Morgan fingerprint density at radius 1 is 1.21 bits per heavy atom. The molecule has 8 heteroatoms. The largest absolute Gasteiger partial charge is 0.484 e. The van der Waals surface area contributed by atoms with E-state index in [0.717, 1.165) is 11.1 Å². The van der Waals surface area contributed by atoms with E-state index in [4.69, 9.17) is 27.9 Å². The zero-order valence-corrected chi connectivity index (χ0v) is 17.5. The van der Waals surface area contributed by atoms with Crippen molar-refractivity contribution in [1.29, 1.82) is 0 Å². The topological polar surface area (TPSA) is 68.5 Å². The minimum absolute atomic E-state index is 0.136. The Labute approximate surface area is 179 Å². The first-order chi connectivity index (χ1) is 13.9. The summed E-state index contributed by atoms with van der Waals surface area (Å²) in [6.45, 7) is 4.15. The highest BCUT2D eigenvalue weighted by Crippen LogP contribution is 2.20. The van der Waals surface area contributed by atoms with Crippen molar-refractivity contribution in [2.24, 2.45) is 5.10 Å². The molecule has 0 radical (unpaired) electrons. The van der Waals surface area contributed by atoms with Crippen LogP contribution >= 0.6 is 23.2 Å². The molecule has 1 aromatic heterocycles. The SMILES string of the molecule is Cc1cccc(OCC(=O)N/N=C\c2c(C)nn(Cc3ccc(Cl)cc3)c2Cl)c1. The van der Waals surface area contributed by atoms with Crippen molar-refractivity contribution >= 4 is 35.3 Å². The lowest BCUT2D eigenvalue weighted by molar-refractivity contribution is -0.123. The van der Waals surface area contributed by atoms with Gasteiger partial charge in [-0.2, -0.15) is 10.2 Å². The number of rotatable bonds is 7. The van der Waals surface area contributed by atoms with E-state index in [-0.39, 0.29) is 12.5 Å². The average molecular weight is 431 g/mol. The Balaban J connectivity index is 1.58. The Hall–Kier alpha value is -2.83. The summed E-state index contributed by atoms with van der Waals surface area (Å²) < 4.78 is 7.11. The number of amides is 1. The van der Waals surface area contributed by atoms with Crippen LogP contribution in [0.2, 0.25) is 10.2 Å². The van der Waals surface area contributed by atoms with Gasteiger partial charge in [-0.25, -0.2) is 10.1 Å². The number of halogens is 2. The minimum Gasteiger partial charge on any atom is -0.484 e. The van der Waals surface area contributed by atoms with Gasteiger partial charge in [0, 0.05) is 5.02 Å². The maximum absolute atomic E-state index is 11.9. The van der Waals surface area contributed by atoms with Crippen molar-refractivity contribution in [2.45, 2.75) is 20.4 Å². The summed E-state index contributed by atoms with van der Waals surface area (Å²) in [7, 11) is 0. The van der Waals surface area contributed by atoms with E-state index in [1.807, 2.05) is 56.3 Å². The van der Waals surface area contributed by atoms with Crippen LogP contribution in [-0.2, 0) is 11.3 Å². The third-order valence-corrected chi connectivity index (χ3v) is 4.75. The number of nitrogens with zero attached hydrogens (tertiary/aromatic N) is 3. The summed E-state index contributed by atoms with van der Waals surface area (Å²) >= 11 is 12.3. The molecule has 6 nitrogen and oxygen atoms in total. The van der Waals surface area contributed by atoms with Crippen LogP contribution in [0.3, 0.4) is 0 Å². The van der Waals surface area contributed by atoms with Gasteiger partial charge in [0.1, 0.15) is 10.9 Å². The quantitative estimate of drug-likeness (QED) is 0.446. The lowest BCUT2D eigenvalue weighted by Crippen LogP contribution is -2.24. The molecule has 0 atom stereocenters. The summed E-state index contributed by atoms with van der Waals surface area (Å²) in [5.74, 6) is 0.261. The van der Waals surface area contributed by atoms with Gasteiger partial charge >= 0.3 is 0 Å². The summed E-state index contributed by atoms with van der Waals surface area (Å²) in [6, 6.07) is 14.9. The Morgan fingerprint density at radius 2 is 1.97 bits per heavy atom. The lowest BCUT2D eigenvalue weighted by atomic mass is 10.2. The number of hydrogen-bond donors (Lipinski definition) is 1. The molecule has 0 aliphatic carbocycles. The molecule has 2 aromatic carbocycles. The number of benzene rings is 2. The fourth-order valence-corrected chi connectivity index (χ4v) is 3.05. The molecular formula is C21H20Cl2N4O2. The fraction of sp³-hybridized carbons (Fsp3) is 0.190. The van der Waals surface area contributed by atoms with Gasteiger partial charge in [0.15, 0.2) is 6.61 Å². The van der Waals surface area contributed by atoms with E-state index in [1.54, 1.807) is 10.7 Å². The van der Waals surface area contributed by atoms with Crippen LogP contribution in [0.15, 0.2) is 53.6 Å². The first-order valence-corrected chi connectivity index (χ1v) is 9.66. The number of carbonyl (C=O) groups excluding carboxylic acids is 1. The predicted molar refractivity (Wildman–Crippen MR) is 115 cm³/mol. The van der Waals surface area contributed by atoms with Crippen LogP contribution in [0, 0.1) is 13.8 Å². The molecule has 3 rings (SSSR count). The molecule has 1 amide bonds. The van der Waals surface area contributed by atoms with E-state index in [9.17, 15) is 4.79 Å². The number of nitrogens with one attached hydrogen (secondary N) is 1. The van der Waals surface area contributed by atoms with E-state index in [1.165, 1.54) is 6.21 Å². The molecule has 0 saturated carbocycles. The Morgan fingerprint density at radius 3 is 2.69 bits per heavy atom. The molecular weight excluding hydrogens is 411 g/mol. The first kappa shape index (κ1) is 20.9. The van der Waals surface area contributed by atoms with Gasteiger partial charge in [-0.3, -0.25) is 4.79 Å². The number of ether oxygens (including phenoxy) is 1. The van der Waals surface area contributed by atoms with Crippen LogP contribution in [0.4, 0.5) is 0 Å². The number of aryl methyl sites for hydroxylation is 2. The van der Waals surface area contributed by atoms with Crippen LogP contribution in [0.1, 0.15) is 22.4 Å². The van der Waals surface area contributed by atoms with Crippen molar-refractivity contribution < 1.29 is 9.53 Å². The van der Waals surface area contributed by atoms with E-state index in [2.05, 4.69) is 15.6 Å². The molecule has 0 aliphatic rings. The van der Waals surface area contributed by atoms with Gasteiger partial charge < -0.3 is 4.74 Å². The standard InChI is InChI=1S/C21H20Cl2N4O2/c1-14-4-3-5-18(10-14)29-13-20(28)25-24-11-19-15(2)26-27(21(19)23)12-16-6-8-17(22)9-7-16/h3-11H,12-13H2,1-2H3,(H,25,28)/b24-11-. The summed E-state index contributed by atoms with van der Waals surface area (Å²) in [4.78, 5) is 11.9. The predicted octanol–water partition coefficient (Wildman–Crippen LogP) is 4.38. The molecule has 1 heterocycles. The van der Waals surface area contributed by atoms with Crippen molar-refractivity contribution in [3.8, 4) is 5.75 Å². The fourth-order valence-electron chi connectivity index (χ4n) is 2.64. The highest BCUT2D eigenvalue weighted by atomic mass is 35.5. The molecule has 0 spiro atoms. The number of hydrogen-bond acceptors (Lipinski definition) is 4. The van der Waals surface area contributed by atoms with Crippen LogP contribution in [0.5, 0.6) is 5.75 Å². The maximum atomic E-state index is 11.9. The Bertz CT molecular complexity index is 1030. The van der Waals surface area contributed by atoms with E-state index < -0.39 is 0 Å². The maximum Gasteiger partial charge on any atom is 0.277 e. The third-order valence-electron chi connectivity index (χ3n) is 4.10. The van der Waals surface area contributed by atoms with Crippen LogP contribution in [-0.4, -0.2) is 28.5 Å². The van der Waals surface area contributed by atoms with Gasteiger partial charge in [-0.1, -0.05) is 47.5 Å². The van der Waals surface area contributed by atoms with Crippen molar-refractivity contribution in [2.75, 3.05) is 6.61 Å². The number of carbonyl (C=O) groups is 1. The first-order valence-electron chi connectivity index (χ1n) is 8.91. The van der Waals surface area contributed by atoms with Crippen LogP contribution < -0.4 is 10.2 Å². The van der Waals surface area contributed by atoms with Crippen LogP contribution in [0.25, 0.3) is 0 Å². The highest BCUT2D eigenvalue weighted by molar-refractivity contribution is 6.32. The van der Waals surface area contributed by atoms with Gasteiger partial charge in [0.05, 0.1) is 24.0 Å². The molecule has 0 saturated heterocycles. The van der Waals surface area contributed by atoms with E-state index >= 15 is 0 Å². The second kappa shape index (κ2) is 9.58. The highest BCUT2D eigenvalue weighted by Gasteiger charge is 2.12. The zero-order chi connectivity index (χ0) is 20.8. The molecule has 0 aliphatic heterocycles. The van der Waals surface area contributed by atoms with E-state index in [0.29, 0.717) is 33.7 Å². The Kier molecular flexibility index (Phi) is 6.90. The summed E-state index contributed by atoms with van der Waals surface area (Å²) in [5.41, 5.74) is 5.85. The number of hydrazone groups is 1. The second-order valence-electron chi connectivity index (χ2n) is 6.47. The average Bonchev–Trinajstić information content (AvgIpc) is 2.95. The van der Waals surface area contributed by atoms with Crippen molar-refractivity contribution in [3.05, 3.63) is 81.1 Å². The molecule has 0 bridgehead atoms. The molecule has 0 unspecified atom stereocenters. The molecule has 29 heavy (non-hydrogen) atoms. The smallest absolute Gasteiger partial charge is 0.277 e.